The van der Waals surface area contributed by atoms with E-state index in [4.69, 9.17) is 0 Å². The predicted molar refractivity (Wildman–Crippen MR) is 308 cm³/mol. The van der Waals surface area contributed by atoms with Crippen LogP contribution in [0.5, 0.6) is 0 Å². The van der Waals surface area contributed by atoms with Crippen LogP contribution in [-0.4, -0.2) is 34.9 Å². The number of aliphatic hydroxyl groups excluding tert-OH is 2. The second kappa shape index (κ2) is 59.1. The van der Waals surface area contributed by atoms with Crippen molar-refractivity contribution in [2.45, 2.75) is 276 Å². The highest BCUT2D eigenvalue weighted by Gasteiger charge is 2.18. The smallest absolute Gasteiger partial charge is 0.220 e. The summed E-state index contributed by atoms with van der Waals surface area (Å²) in [6.07, 6.45) is 90.7. The summed E-state index contributed by atoms with van der Waals surface area (Å²) in [6.45, 7) is 4.19. The van der Waals surface area contributed by atoms with Crippen LogP contribution in [0.4, 0.5) is 0 Å². The van der Waals surface area contributed by atoms with E-state index in [0.29, 0.717) is 6.42 Å². The van der Waals surface area contributed by atoms with Crippen LogP contribution in [0.3, 0.4) is 0 Å². The molecule has 0 aliphatic rings. The maximum Gasteiger partial charge on any atom is 0.220 e. The highest BCUT2D eigenvalue weighted by molar-refractivity contribution is 5.76. The number of amides is 1. The molecule has 394 valence electrons. The van der Waals surface area contributed by atoms with E-state index in [0.717, 1.165) is 96.3 Å². The molecule has 0 aromatic rings. The first-order valence-electron chi connectivity index (χ1n) is 29.2. The molecule has 0 rings (SSSR count). The second-order valence-corrected chi connectivity index (χ2v) is 19.3. The first kappa shape index (κ1) is 65.8. The first-order valence-corrected chi connectivity index (χ1v) is 29.2. The van der Waals surface area contributed by atoms with E-state index in [1.807, 2.05) is 6.08 Å². The van der Waals surface area contributed by atoms with Gasteiger partial charge in [0.25, 0.3) is 0 Å². The standard InChI is InChI=1S/C65H111NO3/c1-3-5-7-9-11-13-15-17-19-21-23-25-27-29-31-32-33-34-35-37-39-41-43-45-47-49-51-53-55-57-59-61-65(69)66-63(62-67)64(68)60-58-56-54-52-50-48-46-44-42-40-38-36-30-28-26-24-22-20-18-16-14-12-10-8-6-4-2/h5,7,11,13,17,19,23,25,29,31,33-34,37,39,43,45,50,52,58,60,63-64,67-68H,3-4,6,8-10,12,14-16,18,20-22,24,26-28,30,32,35-36,38,40-42,44,46-49,51,53-57,59,61-62H2,1-2H3,(H,66,69)/b7-5-,13-11-,19-17-,25-23-,31-29-,34-33-,39-37-,45-43-,52-50+,60-58+. The number of carbonyl (C=O) groups is 1. The molecule has 4 nitrogen and oxygen atoms in total. The van der Waals surface area contributed by atoms with Gasteiger partial charge in [0.15, 0.2) is 0 Å². The summed E-state index contributed by atoms with van der Waals surface area (Å²) < 4.78 is 0. The topological polar surface area (TPSA) is 69.6 Å². The van der Waals surface area contributed by atoms with Crippen molar-refractivity contribution in [2.24, 2.45) is 0 Å². The van der Waals surface area contributed by atoms with Crippen molar-refractivity contribution >= 4 is 5.91 Å². The summed E-state index contributed by atoms with van der Waals surface area (Å²) in [7, 11) is 0. The molecule has 0 aromatic carbocycles. The van der Waals surface area contributed by atoms with Gasteiger partial charge in [0.1, 0.15) is 0 Å². The highest BCUT2D eigenvalue weighted by atomic mass is 16.3. The molecule has 2 unspecified atom stereocenters. The van der Waals surface area contributed by atoms with E-state index in [1.165, 1.54) is 148 Å². The molecule has 0 radical (unpaired) electrons. The molecule has 2 atom stereocenters. The van der Waals surface area contributed by atoms with E-state index < -0.39 is 12.1 Å². The molecule has 0 bridgehead atoms. The highest BCUT2D eigenvalue weighted by Crippen LogP contribution is 2.16. The van der Waals surface area contributed by atoms with E-state index in [-0.39, 0.29) is 12.5 Å². The predicted octanol–water partition coefficient (Wildman–Crippen LogP) is 19.6. The minimum atomic E-state index is -0.879. The molecular formula is C65H111NO3. The lowest BCUT2D eigenvalue weighted by Crippen LogP contribution is -2.45. The molecule has 0 spiro atoms. The molecular weight excluding hydrogens is 843 g/mol. The van der Waals surface area contributed by atoms with Crippen molar-refractivity contribution in [3.05, 3.63) is 122 Å². The molecule has 0 heterocycles. The van der Waals surface area contributed by atoms with Gasteiger partial charge in [-0.1, -0.05) is 283 Å². The van der Waals surface area contributed by atoms with Gasteiger partial charge in [-0.2, -0.15) is 0 Å². The molecule has 0 aliphatic heterocycles. The fourth-order valence-electron chi connectivity index (χ4n) is 8.27. The number of aliphatic hydroxyl groups is 2. The average molecular weight is 955 g/mol. The number of unbranched alkanes of at least 4 members (excludes halogenated alkanes) is 27. The molecule has 4 heteroatoms. The van der Waals surface area contributed by atoms with Crippen molar-refractivity contribution in [1.29, 1.82) is 0 Å². The zero-order valence-electron chi connectivity index (χ0n) is 45.3. The van der Waals surface area contributed by atoms with Crippen LogP contribution < -0.4 is 5.32 Å². The quantitative estimate of drug-likeness (QED) is 0.0420. The van der Waals surface area contributed by atoms with E-state index in [2.05, 4.69) is 129 Å². The number of rotatable bonds is 52. The Morgan fingerprint density at radius 3 is 1.01 bits per heavy atom. The number of hydrogen-bond acceptors (Lipinski definition) is 3. The number of hydrogen-bond donors (Lipinski definition) is 3. The van der Waals surface area contributed by atoms with Gasteiger partial charge in [-0.15, -0.1) is 0 Å². The molecule has 0 saturated carbocycles. The van der Waals surface area contributed by atoms with Gasteiger partial charge < -0.3 is 15.5 Å². The zero-order valence-corrected chi connectivity index (χ0v) is 45.3. The van der Waals surface area contributed by atoms with Crippen molar-refractivity contribution in [2.75, 3.05) is 6.61 Å². The Labute approximate surface area is 428 Å². The maximum atomic E-state index is 12.5. The molecule has 3 N–H and O–H groups in total. The summed E-state index contributed by atoms with van der Waals surface area (Å²) in [6, 6.07) is -0.658. The van der Waals surface area contributed by atoms with Crippen molar-refractivity contribution in [1.82, 2.24) is 5.32 Å². The Morgan fingerprint density at radius 2 is 0.652 bits per heavy atom. The van der Waals surface area contributed by atoms with Gasteiger partial charge in [-0.05, 0) is 96.3 Å². The van der Waals surface area contributed by atoms with E-state index >= 15 is 0 Å². The zero-order chi connectivity index (χ0) is 49.9. The third kappa shape index (κ3) is 55.6. The molecule has 0 saturated heterocycles. The van der Waals surface area contributed by atoms with Gasteiger partial charge in [0, 0.05) is 6.42 Å². The van der Waals surface area contributed by atoms with Gasteiger partial charge in [0.05, 0.1) is 18.8 Å². The number of carbonyl (C=O) groups excluding carboxylic acids is 1. The van der Waals surface area contributed by atoms with Crippen LogP contribution in [0, 0.1) is 0 Å². The van der Waals surface area contributed by atoms with Gasteiger partial charge in [-0.3, -0.25) is 4.79 Å². The summed E-state index contributed by atoms with van der Waals surface area (Å²) in [4.78, 5) is 12.5. The van der Waals surface area contributed by atoms with Crippen LogP contribution in [0.2, 0.25) is 0 Å². The minimum absolute atomic E-state index is 0.0917. The third-order valence-electron chi connectivity index (χ3n) is 12.7. The van der Waals surface area contributed by atoms with Crippen molar-refractivity contribution in [3.8, 4) is 0 Å². The van der Waals surface area contributed by atoms with Crippen LogP contribution in [0.1, 0.15) is 264 Å². The summed E-state index contributed by atoms with van der Waals surface area (Å²) in [5, 5.41) is 23.2. The van der Waals surface area contributed by atoms with Crippen LogP contribution in [-0.2, 0) is 4.79 Å². The lowest BCUT2D eigenvalue weighted by molar-refractivity contribution is -0.123. The molecule has 0 aliphatic carbocycles. The SMILES string of the molecule is CC/C=C\C/C=C\C/C=C\C/C=C\C/C=C\C/C=C\C/C=C\C/C=C\CCCCCCCCC(=O)NC(CO)C(O)/C=C/CC/C=C/CCCCCCCCCCCCCCCCCCCCCC. The lowest BCUT2D eigenvalue weighted by Gasteiger charge is -2.19. The fraction of sp³-hybridized carbons (Fsp3) is 0.677. The van der Waals surface area contributed by atoms with Crippen molar-refractivity contribution < 1.29 is 15.0 Å². The Balaban J connectivity index is 3.64. The number of allylic oxidation sites excluding steroid dienone is 19. The third-order valence-corrected chi connectivity index (χ3v) is 12.7. The second-order valence-electron chi connectivity index (χ2n) is 19.3. The molecule has 69 heavy (non-hydrogen) atoms. The Bertz CT molecular complexity index is 1360. The normalized spacial score (nSPS) is 13.7. The average Bonchev–Trinajstić information content (AvgIpc) is 3.35. The first-order chi connectivity index (χ1) is 34.2. The maximum absolute atomic E-state index is 12.5. The van der Waals surface area contributed by atoms with Crippen LogP contribution >= 0.6 is 0 Å². The monoisotopic (exact) mass is 954 g/mol. The summed E-state index contributed by atoms with van der Waals surface area (Å²) in [5.74, 6) is -0.0917. The van der Waals surface area contributed by atoms with Gasteiger partial charge in [-0.25, -0.2) is 0 Å². The summed E-state index contributed by atoms with van der Waals surface area (Å²) in [5.41, 5.74) is 0. The molecule has 1 amide bonds. The van der Waals surface area contributed by atoms with E-state index in [9.17, 15) is 15.0 Å². The van der Waals surface area contributed by atoms with E-state index in [1.54, 1.807) is 6.08 Å². The molecule has 0 aromatic heterocycles. The van der Waals surface area contributed by atoms with Crippen molar-refractivity contribution in [3.63, 3.8) is 0 Å². The molecule has 0 fully saturated rings. The van der Waals surface area contributed by atoms with Crippen LogP contribution in [0.15, 0.2) is 122 Å². The van der Waals surface area contributed by atoms with Crippen LogP contribution in [0.25, 0.3) is 0 Å². The minimum Gasteiger partial charge on any atom is -0.394 e. The lowest BCUT2D eigenvalue weighted by atomic mass is 10.0. The number of nitrogens with one attached hydrogen (secondary N) is 1. The van der Waals surface area contributed by atoms with Gasteiger partial charge in [0.2, 0.25) is 5.91 Å². The fourth-order valence-corrected chi connectivity index (χ4v) is 8.27. The largest absolute Gasteiger partial charge is 0.394 e. The van der Waals surface area contributed by atoms with Gasteiger partial charge >= 0.3 is 0 Å². The summed E-state index contributed by atoms with van der Waals surface area (Å²) >= 11 is 0. The Kier molecular flexibility index (Phi) is 56.4. The Morgan fingerprint density at radius 1 is 0.362 bits per heavy atom. The Hall–Kier alpha value is -3.21.